The minimum absolute atomic E-state index is 0.645. The molecule has 4 heteroatoms. The number of H-pyrrole nitrogens is 1. The van der Waals surface area contributed by atoms with Gasteiger partial charge >= 0.3 is 0 Å². The summed E-state index contributed by atoms with van der Waals surface area (Å²) in [6, 6.07) is 42.2. The lowest BCUT2D eigenvalue weighted by Crippen LogP contribution is -2.29. The molecule has 2 heterocycles. The average molecular weight is 566 g/mol. The highest BCUT2D eigenvalue weighted by atomic mass is 35.5. The molecule has 41 heavy (non-hydrogen) atoms. The van der Waals surface area contributed by atoms with Crippen LogP contribution in [-0.4, -0.2) is 4.98 Å². The number of nitrogens with one attached hydrogen (secondary N) is 1. The maximum absolute atomic E-state index is 6.82. The number of benzene rings is 6. The molecular formula is C37H21Cl2NO. The predicted octanol–water partition coefficient (Wildman–Crippen LogP) is 10.9. The minimum atomic E-state index is -0.645. The highest BCUT2D eigenvalue weighted by molar-refractivity contribution is 6.34. The highest BCUT2D eigenvalue weighted by Crippen LogP contribution is 2.61. The van der Waals surface area contributed by atoms with Gasteiger partial charge in [-0.25, -0.2) is 0 Å². The topological polar surface area (TPSA) is 28.9 Å². The first-order valence-electron chi connectivity index (χ1n) is 13.7. The van der Waals surface area contributed by atoms with E-state index in [0.717, 1.165) is 60.4 Å². The second-order valence-electron chi connectivity index (χ2n) is 10.8. The number of fused-ring (bicyclic) bond motifs is 12. The Labute approximate surface area is 245 Å². The molecule has 194 valence electrons. The Kier molecular flexibility index (Phi) is 4.68. The van der Waals surface area contributed by atoms with E-state index >= 15 is 0 Å². The van der Waals surface area contributed by atoms with Crippen molar-refractivity contribution >= 4 is 66.9 Å². The molecule has 2 aromatic heterocycles. The Morgan fingerprint density at radius 2 is 1.27 bits per heavy atom. The van der Waals surface area contributed by atoms with E-state index in [2.05, 4.69) is 102 Å². The molecule has 0 bridgehead atoms. The van der Waals surface area contributed by atoms with Gasteiger partial charge < -0.3 is 9.40 Å². The summed E-state index contributed by atoms with van der Waals surface area (Å²) in [5.74, 6) is 0. The van der Waals surface area contributed by atoms with Crippen molar-refractivity contribution in [1.82, 2.24) is 4.98 Å². The van der Waals surface area contributed by atoms with E-state index in [1.807, 2.05) is 24.3 Å². The maximum atomic E-state index is 6.82. The Bertz CT molecular complexity index is 2290. The smallest absolute Gasteiger partial charge is 0.144 e. The van der Waals surface area contributed by atoms with Gasteiger partial charge in [0.25, 0.3) is 0 Å². The molecule has 1 N–H and O–H groups in total. The van der Waals surface area contributed by atoms with Gasteiger partial charge in [0.15, 0.2) is 0 Å². The van der Waals surface area contributed by atoms with Crippen LogP contribution in [0.3, 0.4) is 0 Å². The molecule has 0 atom stereocenters. The molecule has 8 aromatic rings. The van der Waals surface area contributed by atoms with Gasteiger partial charge in [-0.15, -0.1) is 0 Å². The number of rotatable bonds is 2. The zero-order chi connectivity index (χ0) is 27.3. The molecule has 0 amide bonds. The summed E-state index contributed by atoms with van der Waals surface area (Å²) in [6.07, 6.45) is 0. The standard InChI is InChI=1S/C37H21Cl2NO/c38-23-15-17-25-28(19-23)37(21-9-3-1-4-10-21,22-11-5-2-6-12-22)34-33(25)36-32(27-13-7-8-14-30(27)41-36)31-26-18-16-24(39)20-29(26)40-35(31)34/h1-20,40H. The number of furan rings is 1. The molecule has 0 saturated carbocycles. The number of halogens is 2. The van der Waals surface area contributed by atoms with E-state index in [-0.39, 0.29) is 0 Å². The van der Waals surface area contributed by atoms with E-state index in [4.69, 9.17) is 27.6 Å². The van der Waals surface area contributed by atoms with Gasteiger partial charge in [-0.05, 0) is 52.6 Å². The zero-order valence-electron chi connectivity index (χ0n) is 21.7. The third kappa shape index (κ3) is 2.94. The van der Waals surface area contributed by atoms with E-state index in [0.29, 0.717) is 10.0 Å². The lowest BCUT2D eigenvalue weighted by atomic mass is 9.67. The van der Waals surface area contributed by atoms with Crippen molar-refractivity contribution in [2.75, 3.05) is 0 Å². The lowest BCUT2D eigenvalue weighted by molar-refractivity contribution is 0.669. The lowest BCUT2D eigenvalue weighted by Gasteiger charge is -2.34. The van der Waals surface area contributed by atoms with Gasteiger partial charge in [-0.2, -0.15) is 0 Å². The highest BCUT2D eigenvalue weighted by Gasteiger charge is 2.49. The Balaban J connectivity index is 1.63. The molecule has 0 fully saturated rings. The van der Waals surface area contributed by atoms with Crippen molar-refractivity contribution in [2.45, 2.75) is 5.41 Å². The summed E-state index contributed by atoms with van der Waals surface area (Å²) in [7, 11) is 0. The zero-order valence-corrected chi connectivity index (χ0v) is 23.2. The Morgan fingerprint density at radius 1 is 0.610 bits per heavy atom. The van der Waals surface area contributed by atoms with Gasteiger partial charge in [0, 0.05) is 48.2 Å². The Morgan fingerprint density at radius 3 is 2.02 bits per heavy atom. The molecule has 6 aromatic carbocycles. The number of para-hydroxylation sites is 1. The van der Waals surface area contributed by atoms with Crippen LogP contribution in [0.2, 0.25) is 10.0 Å². The van der Waals surface area contributed by atoms with Gasteiger partial charge in [0.2, 0.25) is 0 Å². The van der Waals surface area contributed by atoms with Crippen LogP contribution in [0.4, 0.5) is 0 Å². The second kappa shape index (κ2) is 8.27. The van der Waals surface area contributed by atoms with Crippen molar-refractivity contribution in [3.8, 4) is 11.1 Å². The number of aromatic amines is 1. The van der Waals surface area contributed by atoms with Gasteiger partial charge in [-0.3, -0.25) is 0 Å². The molecule has 0 unspecified atom stereocenters. The number of aromatic nitrogens is 1. The monoisotopic (exact) mass is 565 g/mol. The summed E-state index contributed by atoms with van der Waals surface area (Å²) in [5.41, 5.74) is 10.1. The van der Waals surface area contributed by atoms with Crippen molar-refractivity contribution in [3.05, 3.63) is 154 Å². The fraction of sp³-hybridized carbons (Fsp3) is 0.0270. The molecule has 0 aliphatic heterocycles. The van der Waals surface area contributed by atoms with Crippen LogP contribution in [0.25, 0.3) is 54.9 Å². The molecule has 1 aliphatic carbocycles. The SMILES string of the molecule is Clc1ccc2c(c1)C(c1ccccc1)(c1ccccc1)c1c-2c2oc3ccccc3c2c2c1[nH]c1cc(Cl)ccc12. The van der Waals surface area contributed by atoms with Crippen LogP contribution in [0.15, 0.2) is 126 Å². The fourth-order valence-corrected chi connectivity index (χ4v) is 7.62. The summed E-state index contributed by atoms with van der Waals surface area (Å²) in [6.45, 7) is 0. The second-order valence-corrected chi connectivity index (χ2v) is 11.7. The van der Waals surface area contributed by atoms with Crippen LogP contribution in [0.5, 0.6) is 0 Å². The van der Waals surface area contributed by atoms with E-state index in [1.54, 1.807) is 0 Å². The van der Waals surface area contributed by atoms with Crippen LogP contribution >= 0.6 is 23.2 Å². The third-order valence-corrected chi connectivity index (χ3v) is 9.25. The first kappa shape index (κ1) is 23.2. The average Bonchev–Trinajstić information content (AvgIpc) is 3.66. The Hall–Kier alpha value is -4.50. The van der Waals surface area contributed by atoms with Gasteiger partial charge in [-0.1, -0.05) is 114 Å². The normalized spacial score (nSPS) is 13.8. The largest absolute Gasteiger partial charge is 0.455 e. The minimum Gasteiger partial charge on any atom is -0.455 e. The number of hydrogen-bond donors (Lipinski definition) is 1. The van der Waals surface area contributed by atoms with Crippen molar-refractivity contribution in [2.24, 2.45) is 0 Å². The molecule has 1 aliphatic rings. The van der Waals surface area contributed by atoms with Crippen molar-refractivity contribution in [3.63, 3.8) is 0 Å². The molecule has 0 spiro atoms. The van der Waals surface area contributed by atoms with Crippen LogP contribution in [0, 0.1) is 0 Å². The first-order valence-corrected chi connectivity index (χ1v) is 14.4. The van der Waals surface area contributed by atoms with E-state index in [9.17, 15) is 0 Å². The van der Waals surface area contributed by atoms with Gasteiger partial charge in [0.1, 0.15) is 11.2 Å². The summed E-state index contributed by atoms with van der Waals surface area (Å²) < 4.78 is 6.82. The van der Waals surface area contributed by atoms with E-state index < -0.39 is 5.41 Å². The summed E-state index contributed by atoms with van der Waals surface area (Å²) >= 11 is 13.3. The first-order chi connectivity index (χ1) is 20.2. The number of hydrogen-bond acceptors (Lipinski definition) is 1. The van der Waals surface area contributed by atoms with Crippen molar-refractivity contribution in [1.29, 1.82) is 0 Å². The van der Waals surface area contributed by atoms with Crippen molar-refractivity contribution < 1.29 is 4.42 Å². The summed E-state index contributed by atoms with van der Waals surface area (Å²) in [5, 5.41) is 5.87. The molecule has 0 saturated heterocycles. The predicted molar refractivity (Wildman–Crippen MR) is 170 cm³/mol. The van der Waals surface area contributed by atoms with Crippen LogP contribution < -0.4 is 0 Å². The van der Waals surface area contributed by atoms with Crippen LogP contribution in [-0.2, 0) is 5.41 Å². The van der Waals surface area contributed by atoms with E-state index in [1.165, 1.54) is 16.7 Å². The maximum Gasteiger partial charge on any atom is 0.144 e. The molecule has 9 rings (SSSR count). The molecular weight excluding hydrogens is 545 g/mol. The fourth-order valence-electron chi connectivity index (χ4n) is 7.28. The quantitative estimate of drug-likeness (QED) is 0.222. The summed E-state index contributed by atoms with van der Waals surface area (Å²) in [4.78, 5) is 3.85. The van der Waals surface area contributed by atoms with Gasteiger partial charge in [0.05, 0.1) is 10.9 Å². The molecule has 2 nitrogen and oxygen atoms in total. The third-order valence-electron chi connectivity index (χ3n) is 8.78. The van der Waals surface area contributed by atoms with Crippen LogP contribution in [0.1, 0.15) is 22.3 Å². The molecule has 0 radical (unpaired) electrons.